The lowest BCUT2D eigenvalue weighted by Gasteiger charge is -2.40. The molecule has 0 unspecified atom stereocenters. The van der Waals surface area contributed by atoms with E-state index in [1.807, 2.05) is 42.5 Å². The van der Waals surface area contributed by atoms with Gasteiger partial charge in [-0.2, -0.15) is 0 Å². The molecule has 4 heterocycles. The molecule has 5 N–H and O–H groups in total. The molecule has 1 aromatic heterocycles. The molecule has 230 valence electrons. The highest BCUT2D eigenvalue weighted by Gasteiger charge is 2.31. The van der Waals surface area contributed by atoms with Gasteiger partial charge in [0.05, 0.1) is 21.9 Å². The van der Waals surface area contributed by atoms with E-state index < -0.39 is 5.91 Å². The molecule has 0 saturated carbocycles. The summed E-state index contributed by atoms with van der Waals surface area (Å²) in [6.07, 6.45) is 4.70. The minimum absolute atomic E-state index is 0.0925. The number of rotatable bonds is 7. The minimum atomic E-state index is -0.708. The number of benzene rings is 3. The highest BCUT2D eigenvalue weighted by molar-refractivity contribution is 6.43. The molecule has 0 spiro atoms. The molecular weight excluding hydrogens is 613 g/mol. The molecule has 3 aromatic carbocycles. The smallest absolute Gasteiger partial charge is 0.269 e. The van der Waals surface area contributed by atoms with Crippen LogP contribution in [0, 0.1) is 0 Å². The summed E-state index contributed by atoms with van der Waals surface area (Å²) in [6.45, 7) is 4.41. The van der Waals surface area contributed by atoms with Crippen molar-refractivity contribution >= 4 is 58.0 Å². The number of carbonyl (C=O) groups excluding carboxylic acids is 2. The second-order valence-corrected chi connectivity index (χ2v) is 12.1. The Hall–Kier alpha value is -4.48. The van der Waals surface area contributed by atoms with Crippen LogP contribution < -0.4 is 26.3 Å². The number of piperidine rings is 1. The van der Waals surface area contributed by atoms with Gasteiger partial charge in [0.2, 0.25) is 0 Å². The average molecular weight is 645 g/mol. The van der Waals surface area contributed by atoms with Crippen molar-refractivity contribution in [2.24, 2.45) is 0 Å². The molecular formula is C33H31Cl2N7O3. The number of nitrogen functional groups attached to an aromatic ring is 1. The standard InChI is InChI=1S/C33H31Cl2N7O3/c1-33(13-15-41(16-14-33)27-19-37-30(31(36)39-27)24-3-2-4-25(34)29(24)35)38-18-20-5-7-22(8-6-20)32(44)42-23-11-9-21(10-12-23)26(42)17-28(43)40-45/h2-12,17,19,38,45H,13-16,18H2,1H3,(H2,36,39)(H,40,43)/b26-17+. The molecule has 0 aliphatic carbocycles. The Morgan fingerprint density at radius 3 is 2.42 bits per heavy atom. The third-order valence-electron chi connectivity index (χ3n) is 8.35. The lowest BCUT2D eigenvalue weighted by molar-refractivity contribution is -0.124. The van der Waals surface area contributed by atoms with Crippen molar-refractivity contribution in [1.29, 1.82) is 0 Å². The summed E-state index contributed by atoms with van der Waals surface area (Å²) < 4.78 is 0. The molecule has 1 saturated heterocycles. The number of amides is 2. The maximum Gasteiger partial charge on any atom is 0.269 e. The first-order valence-corrected chi connectivity index (χ1v) is 15.2. The van der Waals surface area contributed by atoms with Crippen molar-refractivity contribution in [2.75, 3.05) is 28.6 Å². The van der Waals surface area contributed by atoms with Crippen molar-refractivity contribution in [3.05, 3.63) is 106 Å². The zero-order chi connectivity index (χ0) is 31.7. The molecule has 12 heteroatoms. The molecule has 3 aliphatic heterocycles. The van der Waals surface area contributed by atoms with Gasteiger partial charge in [0.25, 0.3) is 11.8 Å². The van der Waals surface area contributed by atoms with Crippen LogP contribution in [0.1, 0.15) is 41.3 Å². The summed E-state index contributed by atoms with van der Waals surface area (Å²) in [5.74, 6) is 0.0433. The number of anilines is 3. The van der Waals surface area contributed by atoms with Crippen molar-refractivity contribution in [3.63, 3.8) is 0 Å². The molecule has 2 bridgehead atoms. The van der Waals surface area contributed by atoms with Crippen LogP contribution in [0.4, 0.5) is 17.3 Å². The number of hydroxylamine groups is 1. The van der Waals surface area contributed by atoms with Gasteiger partial charge < -0.3 is 16.0 Å². The van der Waals surface area contributed by atoms with E-state index in [1.165, 1.54) is 11.0 Å². The van der Waals surface area contributed by atoms with Crippen LogP contribution >= 0.6 is 23.2 Å². The van der Waals surface area contributed by atoms with E-state index in [1.54, 1.807) is 35.9 Å². The van der Waals surface area contributed by atoms with E-state index in [9.17, 15) is 9.59 Å². The first kappa shape index (κ1) is 30.5. The van der Waals surface area contributed by atoms with Crippen molar-refractivity contribution in [1.82, 2.24) is 20.8 Å². The molecule has 45 heavy (non-hydrogen) atoms. The van der Waals surface area contributed by atoms with Gasteiger partial charge in [-0.05, 0) is 61.2 Å². The fraction of sp³-hybridized carbons (Fsp3) is 0.212. The van der Waals surface area contributed by atoms with Gasteiger partial charge in [0.1, 0.15) is 11.5 Å². The van der Waals surface area contributed by atoms with Gasteiger partial charge in [-0.3, -0.25) is 19.7 Å². The molecule has 0 radical (unpaired) electrons. The highest BCUT2D eigenvalue weighted by atomic mass is 35.5. The maximum atomic E-state index is 13.5. The predicted octanol–water partition coefficient (Wildman–Crippen LogP) is 5.69. The minimum Gasteiger partial charge on any atom is -0.382 e. The molecule has 1 fully saturated rings. The Morgan fingerprint density at radius 1 is 1.04 bits per heavy atom. The summed E-state index contributed by atoms with van der Waals surface area (Å²) in [4.78, 5) is 38.1. The number of hydrogen-bond donors (Lipinski definition) is 4. The number of aromatic nitrogens is 2. The summed E-state index contributed by atoms with van der Waals surface area (Å²) in [6, 6.07) is 20.1. The number of carbonyl (C=O) groups is 2. The lowest BCUT2D eigenvalue weighted by Crippen LogP contribution is -2.51. The van der Waals surface area contributed by atoms with E-state index in [0.29, 0.717) is 56.2 Å². The zero-order valence-electron chi connectivity index (χ0n) is 24.4. The number of fused-ring (bicyclic) bond motifs is 3. The second-order valence-electron chi connectivity index (χ2n) is 11.4. The van der Waals surface area contributed by atoms with E-state index in [4.69, 9.17) is 34.1 Å². The number of nitrogens with two attached hydrogens (primary N) is 1. The van der Waals surface area contributed by atoms with Crippen LogP contribution in [0.15, 0.2) is 79.0 Å². The van der Waals surface area contributed by atoms with Gasteiger partial charge in [-0.25, -0.2) is 15.4 Å². The Kier molecular flexibility index (Phi) is 8.48. The molecule has 0 atom stereocenters. The zero-order valence-corrected chi connectivity index (χ0v) is 25.9. The summed E-state index contributed by atoms with van der Waals surface area (Å²) in [5.41, 5.74) is 12.2. The highest BCUT2D eigenvalue weighted by Crippen LogP contribution is 2.36. The largest absolute Gasteiger partial charge is 0.382 e. The SMILES string of the molecule is CC1(NCc2ccc(C(=O)N3/C(=C/C(=O)NO)c4ccc3cc4)cc2)CCN(c2cnc(-c3cccc(Cl)c3Cl)c(N)n2)CC1. The van der Waals surface area contributed by atoms with Crippen LogP contribution in [0.2, 0.25) is 10.0 Å². The monoisotopic (exact) mass is 643 g/mol. The van der Waals surface area contributed by atoms with Crippen LogP contribution in [0.3, 0.4) is 0 Å². The van der Waals surface area contributed by atoms with Crippen LogP contribution in [0.25, 0.3) is 17.0 Å². The van der Waals surface area contributed by atoms with E-state index in [0.717, 1.165) is 37.3 Å². The van der Waals surface area contributed by atoms with Crippen LogP contribution in [-0.2, 0) is 11.3 Å². The van der Waals surface area contributed by atoms with Gasteiger partial charge in [0.15, 0.2) is 5.82 Å². The molecule has 3 aliphatic rings. The van der Waals surface area contributed by atoms with E-state index >= 15 is 0 Å². The van der Waals surface area contributed by atoms with Gasteiger partial charge in [-0.1, -0.05) is 59.6 Å². The number of hydrogen-bond acceptors (Lipinski definition) is 8. The first-order valence-electron chi connectivity index (χ1n) is 14.4. The summed E-state index contributed by atoms with van der Waals surface area (Å²) in [7, 11) is 0. The Balaban J connectivity index is 1.06. The third-order valence-corrected chi connectivity index (χ3v) is 9.17. The van der Waals surface area contributed by atoms with Crippen LogP contribution in [0.5, 0.6) is 0 Å². The molecule has 7 rings (SSSR count). The van der Waals surface area contributed by atoms with Crippen LogP contribution in [-0.4, -0.2) is 45.6 Å². The molecule has 2 amide bonds. The van der Waals surface area contributed by atoms with Crippen molar-refractivity contribution < 1.29 is 14.8 Å². The van der Waals surface area contributed by atoms with Gasteiger partial charge in [0, 0.05) is 48.1 Å². The predicted molar refractivity (Wildman–Crippen MR) is 176 cm³/mol. The summed E-state index contributed by atoms with van der Waals surface area (Å²) >= 11 is 12.5. The molecule has 10 nitrogen and oxygen atoms in total. The summed E-state index contributed by atoms with van der Waals surface area (Å²) in [5, 5.41) is 13.5. The molecule has 4 aromatic rings. The van der Waals surface area contributed by atoms with E-state index in [2.05, 4.69) is 27.1 Å². The normalized spacial score (nSPS) is 16.2. The third kappa shape index (κ3) is 6.23. The Labute approximate surface area is 270 Å². The van der Waals surface area contributed by atoms with Gasteiger partial charge in [-0.15, -0.1) is 0 Å². The fourth-order valence-corrected chi connectivity index (χ4v) is 6.03. The van der Waals surface area contributed by atoms with Crippen molar-refractivity contribution in [3.8, 4) is 11.3 Å². The van der Waals surface area contributed by atoms with Crippen molar-refractivity contribution in [2.45, 2.75) is 31.8 Å². The maximum absolute atomic E-state index is 13.5. The second kappa shape index (κ2) is 12.5. The van der Waals surface area contributed by atoms with Gasteiger partial charge >= 0.3 is 0 Å². The van der Waals surface area contributed by atoms with E-state index in [-0.39, 0.29) is 11.4 Å². The fourth-order valence-electron chi connectivity index (χ4n) is 5.64. The average Bonchev–Trinajstić information content (AvgIpc) is 3.06. The number of halogens is 2. The first-order chi connectivity index (χ1) is 21.7. The quantitative estimate of drug-likeness (QED) is 0.115. The number of nitrogens with zero attached hydrogens (tertiary/aromatic N) is 4. The lowest BCUT2D eigenvalue weighted by atomic mass is 9.89. The topological polar surface area (TPSA) is 137 Å². The Morgan fingerprint density at radius 2 is 1.76 bits per heavy atom. The number of nitrogens with one attached hydrogen (secondary N) is 2. The Bertz CT molecular complexity index is 1790.